The van der Waals surface area contributed by atoms with E-state index in [1.54, 1.807) is 0 Å². The molecule has 0 aromatic carbocycles. The molecule has 0 bridgehead atoms. The van der Waals surface area contributed by atoms with Gasteiger partial charge in [-0.15, -0.1) is 0 Å². The third kappa shape index (κ3) is 0.0730. The molecule has 0 saturated carbocycles. The molecule has 0 radical (unpaired) electrons. The summed E-state index contributed by atoms with van der Waals surface area (Å²) >= 11 is 4.44. The van der Waals surface area contributed by atoms with Gasteiger partial charge in [-0.2, -0.15) is 0 Å². The third-order valence-corrected chi connectivity index (χ3v) is 69.2. The van der Waals surface area contributed by atoms with Crippen LogP contribution in [0, 0.1) is 0 Å². The minimum atomic E-state index is -3.63. The molecule has 10 heterocycles. The van der Waals surface area contributed by atoms with Crippen molar-refractivity contribution in [2.45, 2.75) is 78.7 Å². The zero-order valence-corrected chi connectivity index (χ0v) is 14.2. The van der Waals surface area contributed by atoms with Crippen LogP contribution in [-0.2, 0) is 11.3 Å². The zero-order valence-electron chi connectivity index (χ0n) is 11.5. The number of hydrogen-bond acceptors (Lipinski definition) is 1. The van der Waals surface area contributed by atoms with Gasteiger partial charge in [-0.05, 0) is 0 Å². The molecule has 10 fully saturated rings. The number of halogens is 1. The van der Waals surface area contributed by atoms with Crippen LogP contribution < -0.4 is 0 Å². The van der Waals surface area contributed by atoms with Gasteiger partial charge in [-0.25, -0.2) is 0 Å². The molecule has 10 rings (SSSR count). The fraction of sp³-hybridized carbons (Fsp3) is 0.938. The summed E-state index contributed by atoms with van der Waals surface area (Å²) in [5, 5.41) is 0. The number of carbonyl (C=O) groups excluding carboxylic acids is 1. The van der Waals surface area contributed by atoms with Crippen molar-refractivity contribution in [2.24, 2.45) is 0 Å². The normalized spacial score (nSPS) is 120. The number of Topliss-reactive ketones (excluding diaryl/α,β-unsaturated/α-hetero) is 1. The van der Waals surface area contributed by atoms with E-state index in [1.165, 1.54) is 32.1 Å². The van der Waals surface area contributed by atoms with Gasteiger partial charge in [-0.3, -0.25) is 0 Å². The van der Waals surface area contributed by atoms with Crippen molar-refractivity contribution in [1.82, 2.24) is 0 Å². The Hall–Kier alpha value is 0.669. The van der Waals surface area contributed by atoms with Crippen molar-refractivity contribution in [1.29, 1.82) is 0 Å². The summed E-state index contributed by atoms with van der Waals surface area (Å²) in [7, 11) is 0. The molecule has 10 aliphatic heterocycles. The molecule has 0 aromatic heterocycles. The number of ketones is 1. The Morgan fingerprint density at radius 3 is 1.68 bits per heavy atom. The Kier molecular flexibility index (Phi) is 0.298. The zero-order chi connectivity index (χ0) is 12.8. The molecule has 3 heteroatoms. The van der Waals surface area contributed by atoms with Gasteiger partial charge in [0.1, 0.15) is 0 Å². The first-order valence-electron chi connectivity index (χ1n) is 8.18. The molecule has 8 atom stereocenters. The van der Waals surface area contributed by atoms with Crippen molar-refractivity contribution in [3.05, 3.63) is 0 Å². The first-order chi connectivity index (χ1) is 8.78. The fourth-order valence-electron chi connectivity index (χ4n) is 21.0. The van der Waals surface area contributed by atoms with Crippen LogP contribution in [0.3, 0.4) is 0 Å². The number of fused-ring (bicyclic) bond motifs is 10. The quantitative estimate of drug-likeness (QED) is 0.498. The van der Waals surface area contributed by atoms with Crippen molar-refractivity contribution in [3.63, 3.8) is 0 Å². The number of alkyl halides is 1. The predicted molar refractivity (Wildman–Crippen MR) is 73.5 cm³/mol. The van der Waals surface area contributed by atoms with E-state index >= 15 is 0 Å². The van der Waals surface area contributed by atoms with Crippen molar-refractivity contribution in [3.8, 4) is 0 Å². The molecule has 8 unspecified atom stereocenters. The van der Waals surface area contributed by atoms with Crippen LogP contribution in [0.4, 0.5) is 0 Å². The van der Waals surface area contributed by atoms with E-state index in [0.29, 0.717) is 21.9 Å². The molecule has 1 spiro atoms. The Bertz CT molecular complexity index is 1160. The summed E-state index contributed by atoms with van der Waals surface area (Å²) in [6.07, 6.45) is 2.77. The average Bonchev–Trinajstić information content (AvgIpc) is 3.32. The van der Waals surface area contributed by atoms with Crippen molar-refractivity contribution >= 4 is 21.7 Å². The summed E-state index contributed by atoms with van der Waals surface area (Å²) < 4.78 is 2.38. The second kappa shape index (κ2) is 0.679. The third-order valence-electron chi connectivity index (χ3n) is 17.1. The molecular formula is C16H19BrFeO. The first-order valence-corrected chi connectivity index (χ1v) is 15.0. The van der Waals surface area contributed by atoms with Crippen LogP contribution >= 0.6 is 15.9 Å². The molecular weight excluding hydrogens is 344 g/mol. The van der Waals surface area contributed by atoms with E-state index in [4.69, 9.17) is 0 Å². The SMILES string of the molecule is CC[C]12[CH]3[CH]4[C]5(CC)[C]1(C(C)=O)[Fe]34251678[CH]2[CH]1[CH]6[C]7(Br)[CH]28. The van der Waals surface area contributed by atoms with Crippen LogP contribution in [0.1, 0.15) is 33.6 Å². The number of carbonyl (C=O) groups is 1. The van der Waals surface area contributed by atoms with Gasteiger partial charge >= 0.3 is 112 Å². The van der Waals surface area contributed by atoms with Gasteiger partial charge in [0.25, 0.3) is 0 Å². The van der Waals surface area contributed by atoms with Crippen molar-refractivity contribution < 1.29 is 11.3 Å². The summed E-state index contributed by atoms with van der Waals surface area (Å²) in [6.45, 7) is 3.32. The number of hydrogen-bond donors (Lipinski definition) is 0. The summed E-state index contributed by atoms with van der Waals surface area (Å²) in [5.74, 6) is 0.700. The second-order valence-corrected chi connectivity index (χ2v) is 36.2. The van der Waals surface area contributed by atoms with Crippen LogP contribution in [0.25, 0.3) is 0 Å². The average molecular weight is 363 g/mol. The Labute approximate surface area is 111 Å². The molecule has 104 valence electrons. The molecule has 10 saturated heterocycles. The Morgan fingerprint density at radius 1 is 1.05 bits per heavy atom. The van der Waals surface area contributed by atoms with Gasteiger partial charge < -0.3 is 0 Å². The van der Waals surface area contributed by atoms with Gasteiger partial charge in [0.05, 0.1) is 0 Å². The van der Waals surface area contributed by atoms with Gasteiger partial charge in [0.15, 0.2) is 0 Å². The van der Waals surface area contributed by atoms with E-state index in [1.807, 2.05) is 6.92 Å². The predicted octanol–water partition coefficient (Wildman–Crippen LogP) is 5.20. The minimum absolute atomic E-state index is 0.362. The second-order valence-electron chi connectivity index (χ2n) is 11.4. The van der Waals surface area contributed by atoms with E-state index in [0.717, 1.165) is 9.63 Å². The number of rotatable bonds is 3. The molecule has 0 aliphatic carbocycles. The van der Waals surface area contributed by atoms with Crippen LogP contribution in [0.2, 0.25) is 41.8 Å². The van der Waals surface area contributed by atoms with Gasteiger partial charge in [0, 0.05) is 0 Å². The Balaban J connectivity index is 1.76. The molecule has 1 nitrogen and oxygen atoms in total. The van der Waals surface area contributed by atoms with E-state index in [2.05, 4.69) is 29.8 Å². The first kappa shape index (κ1) is 8.34. The van der Waals surface area contributed by atoms with E-state index < -0.39 is 6.51 Å². The van der Waals surface area contributed by atoms with Crippen LogP contribution in [-0.4, -0.2) is 9.01 Å². The molecule has 19 heavy (non-hydrogen) atoms. The maximum absolute atomic E-state index is 13.1. The van der Waals surface area contributed by atoms with Gasteiger partial charge in [-0.1, -0.05) is 0 Å². The molecule has 0 N–H and O–H groups in total. The van der Waals surface area contributed by atoms with E-state index in [9.17, 15) is 4.79 Å². The molecule has 0 amide bonds. The monoisotopic (exact) mass is 362 g/mol. The van der Waals surface area contributed by atoms with E-state index in [-0.39, 0.29) is 0 Å². The summed E-state index contributed by atoms with van der Waals surface area (Å²) in [4.78, 5) is 20.1. The topological polar surface area (TPSA) is 17.1 Å². The molecule has 0 aromatic rings. The maximum atomic E-state index is 13.1. The van der Waals surface area contributed by atoms with Crippen molar-refractivity contribution in [2.75, 3.05) is 0 Å². The Morgan fingerprint density at radius 2 is 1.53 bits per heavy atom. The summed E-state index contributed by atoms with van der Waals surface area (Å²) in [6, 6.07) is 0. The van der Waals surface area contributed by atoms with Gasteiger partial charge in [0.2, 0.25) is 0 Å². The summed E-state index contributed by atoms with van der Waals surface area (Å²) in [5.41, 5.74) is 0. The van der Waals surface area contributed by atoms with Crippen LogP contribution in [0.15, 0.2) is 0 Å². The molecule has 10 aliphatic rings. The fourth-order valence-corrected chi connectivity index (χ4v) is 116. The standard InChI is InChI=1S/C11H15O.C5H4Br.Fe/c1-4-9-6-7-10(5-2)11(9)8(3)12;6-5-3-1-2-4-5;/h6-7H,4-5H2,1-3H3;1-4H;. The van der Waals surface area contributed by atoms with Crippen LogP contribution in [0.5, 0.6) is 0 Å².